The SMILES string of the molecule is Cc1ccnc(Cl)c1NC1CCCC(C)CC1. The minimum Gasteiger partial charge on any atom is -0.380 e. The highest BCUT2D eigenvalue weighted by atomic mass is 35.5. The summed E-state index contributed by atoms with van der Waals surface area (Å²) in [4.78, 5) is 4.15. The molecule has 2 nitrogen and oxygen atoms in total. The summed E-state index contributed by atoms with van der Waals surface area (Å²) < 4.78 is 0. The number of hydrogen-bond donors (Lipinski definition) is 1. The van der Waals surface area contributed by atoms with E-state index in [1.807, 2.05) is 6.07 Å². The monoisotopic (exact) mass is 252 g/mol. The van der Waals surface area contributed by atoms with Crippen molar-refractivity contribution in [3.8, 4) is 0 Å². The molecule has 1 heterocycles. The first-order valence-electron chi connectivity index (χ1n) is 6.54. The summed E-state index contributed by atoms with van der Waals surface area (Å²) in [5, 5.41) is 4.18. The Morgan fingerprint density at radius 2 is 2.12 bits per heavy atom. The second-order valence-electron chi connectivity index (χ2n) is 5.25. The summed E-state index contributed by atoms with van der Waals surface area (Å²) in [6.07, 6.45) is 8.24. The number of aromatic nitrogens is 1. The van der Waals surface area contributed by atoms with Crippen LogP contribution in [-0.4, -0.2) is 11.0 Å². The van der Waals surface area contributed by atoms with Crippen LogP contribution < -0.4 is 5.32 Å². The van der Waals surface area contributed by atoms with Crippen LogP contribution in [0.25, 0.3) is 0 Å². The molecule has 0 spiro atoms. The fourth-order valence-electron chi connectivity index (χ4n) is 2.53. The maximum absolute atomic E-state index is 6.14. The highest BCUT2D eigenvalue weighted by Crippen LogP contribution is 2.28. The molecule has 1 fully saturated rings. The average molecular weight is 253 g/mol. The average Bonchev–Trinajstić information content (AvgIpc) is 2.49. The second-order valence-corrected chi connectivity index (χ2v) is 5.61. The maximum atomic E-state index is 6.14. The zero-order valence-electron chi connectivity index (χ0n) is 10.7. The van der Waals surface area contributed by atoms with Crippen molar-refractivity contribution in [2.75, 3.05) is 5.32 Å². The standard InChI is InChI=1S/C14H21ClN2/c1-10-4-3-5-12(7-6-10)17-13-11(2)8-9-16-14(13)15/h8-10,12,17H,3-7H2,1-2H3. The van der Waals surface area contributed by atoms with Gasteiger partial charge in [-0.25, -0.2) is 4.98 Å². The van der Waals surface area contributed by atoms with Crippen LogP contribution in [0, 0.1) is 12.8 Å². The van der Waals surface area contributed by atoms with Crippen molar-refractivity contribution < 1.29 is 0 Å². The number of aryl methyl sites for hydroxylation is 1. The number of halogens is 1. The molecule has 2 unspecified atom stereocenters. The summed E-state index contributed by atoms with van der Waals surface area (Å²) in [6.45, 7) is 4.43. The third kappa shape index (κ3) is 3.35. The normalized spacial score (nSPS) is 25.4. The Morgan fingerprint density at radius 3 is 2.88 bits per heavy atom. The first-order chi connectivity index (χ1) is 8.16. The van der Waals surface area contributed by atoms with E-state index in [2.05, 4.69) is 24.1 Å². The Bertz CT molecular complexity index is 358. The van der Waals surface area contributed by atoms with Gasteiger partial charge in [-0.3, -0.25) is 0 Å². The van der Waals surface area contributed by atoms with Crippen LogP contribution in [0.15, 0.2) is 12.3 Å². The Labute approximate surface area is 109 Å². The van der Waals surface area contributed by atoms with Gasteiger partial charge in [0.15, 0.2) is 5.15 Å². The van der Waals surface area contributed by atoms with Gasteiger partial charge in [0.25, 0.3) is 0 Å². The summed E-state index contributed by atoms with van der Waals surface area (Å²) >= 11 is 6.14. The van der Waals surface area contributed by atoms with E-state index in [1.165, 1.54) is 37.7 Å². The van der Waals surface area contributed by atoms with Gasteiger partial charge in [-0.15, -0.1) is 0 Å². The van der Waals surface area contributed by atoms with Gasteiger partial charge in [0.05, 0.1) is 5.69 Å². The molecule has 94 valence electrons. The van der Waals surface area contributed by atoms with E-state index in [-0.39, 0.29) is 0 Å². The van der Waals surface area contributed by atoms with Gasteiger partial charge in [-0.1, -0.05) is 31.4 Å². The number of pyridine rings is 1. The van der Waals surface area contributed by atoms with E-state index < -0.39 is 0 Å². The van der Waals surface area contributed by atoms with Gasteiger partial charge in [-0.05, 0) is 43.7 Å². The molecule has 1 aromatic heterocycles. The van der Waals surface area contributed by atoms with Crippen molar-refractivity contribution in [3.63, 3.8) is 0 Å². The molecule has 1 aromatic rings. The highest BCUT2D eigenvalue weighted by molar-refractivity contribution is 6.32. The summed E-state index contributed by atoms with van der Waals surface area (Å²) in [6, 6.07) is 2.56. The van der Waals surface area contributed by atoms with E-state index in [0.717, 1.165) is 11.6 Å². The molecule has 2 rings (SSSR count). The summed E-state index contributed by atoms with van der Waals surface area (Å²) in [5.41, 5.74) is 2.20. The molecule has 3 heteroatoms. The number of anilines is 1. The number of hydrogen-bond acceptors (Lipinski definition) is 2. The zero-order valence-corrected chi connectivity index (χ0v) is 11.4. The van der Waals surface area contributed by atoms with Crippen LogP contribution in [-0.2, 0) is 0 Å². The Morgan fingerprint density at radius 1 is 1.29 bits per heavy atom. The van der Waals surface area contributed by atoms with Crippen LogP contribution in [0.5, 0.6) is 0 Å². The molecule has 1 aliphatic rings. The molecule has 1 aliphatic carbocycles. The van der Waals surface area contributed by atoms with Gasteiger partial charge in [0, 0.05) is 12.2 Å². The molecule has 0 radical (unpaired) electrons. The number of nitrogens with zero attached hydrogens (tertiary/aromatic N) is 1. The van der Waals surface area contributed by atoms with Crippen molar-refractivity contribution in [3.05, 3.63) is 23.0 Å². The lowest BCUT2D eigenvalue weighted by Crippen LogP contribution is -2.19. The van der Waals surface area contributed by atoms with E-state index >= 15 is 0 Å². The molecule has 0 aromatic carbocycles. The predicted octanol–water partition coefficient (Wildman–Crippen LogP) is 4.42. The minimum atomic E-state index is 0.556. The molecular formula is C14H21ClN2. The molecule has 17 heavy (non-hydrogen) atoms. The van der Waals surface area contributed by atoms with Crippen molar-refractivity contribution in [2.45, 2.75) is 52.0 Å². The zero-order chi connectivity index (χ0) is 12.3. The van der Waals surface area contributed by atoms with Crippen molar-refractivity contribution in [2.24, 2.45) is 5.92 Å². The van der Waals surface area contributed by atoms with Crippen molar-refractivity contribution >= 4 is 17.3 Å². The lowest BCUT2D eigenvalue weighted by Gasteiger charge is -2.19. The van der Waals surface area contributed by atoms with Crippen molar-refractivity contribution in [1.29, 1.82) is 0 Å². The lowest BCUT2D eigenvalue weighted by atomic mass is 10.0. The summed E-state index contributed by atoms with van der Waals surface area (Å²) in [7, 11) is 0. The maximum Gasteiger partial charge on any atom is 0.152 e. The fourth-order valence-corrected chi connectivity index (χ4v) is 2.79. The largest absolute Gasteiger partial charge is 0.380 e. The quantitative estimate of drug-likeness (QED) is 0.622. The third-order valence-corrected chi connectivity index (χ3v) is 4.01. The predicted molar refractivity (Wildman–Crippen MR) is 73.6 cm³/mol. The third-order valence-electron chi connectivity index (χ3n) is 3.72. The van der Waals surface area contributed by atoms with Crippen LogP contribution in [0.2, 0.25) is 5.15 Å². The number of nitrogens with one attached hydrogen (secondary N) is 1. The molecule has 2 atom stereocenters. The lowest BCUT2D eigenvalue weighted by molar-refractivity contribution is 0.502. The van der Waals surface area contributed by atoms with Crippen LogP contribution in [0.4, 0.5) is 5.69 Å². The van der Waals surface area contributed by atoms with E-state index in [4.69, 9.17) is 11.6 Å². The highest BCUT2D eigenvalue weighted by Gasteiger charge is 2.17. The number of rotatable bonds is 2. The van der Waals surface area contributed by atoms with Gasteiger partial charge in [0.1, 0.15) is 0 Å². The van der Waals surface area contributed by atoms with E-state index in [1.54, 1.807) is 6.20 Å². The Kier molecular flexibility index (Phi) is 4.27. The fraction of sp³-hybridized carbons (Fsp3) is 0.643. The smallest absolute Gasteiger partial charge is 0.152 e. The second kappa shape index (κ2) is 5.72. The molecule has 0 amide bonds. The molecule has 0 aliphatic heterocycles. The van der Waals surface area contributed by atoms with Crippen LogP contribution >= 0.6 is 11.6 Å². The van der Waals surface area contributed by atoms with Crippen molar-refractivity contribution in [1.82, 2.24) is 4.98 Å². The first kappa shape index (κ1) is 12.7. The van der Waals surface area contributed by atoms with Gasteiger partial charge in [-0.2, -0.15) is 0 Å². The molecule has 0 saturated heterocycles. The van der Waals surface area contributed by atoms with Gasteiger partial charge in [0.2, 0.25) is 0 Å². The molecule has 1 saturated carbocycles. The van der Waals surface area contributed by atoms with Crippen LogP contribution in [0.3, 0.4) is 0 Å². The van der Waals surface area contributed by atoms with E-state index in [9.17, 15) is 0 Å². The minimum absolute atomic E-state index is 0.556. The Balaban J connectivity index is 2.05. The topological polar surface area (TPSA) is 24.9 Å². The van der Waals surface area contributed by atoms with Crippen LogP contribution in [0.1, 0.15) is 44.6 Å². The van der Waals surface area contributed by atoms with Gasteiger partial charge < -0.3 is 5.32 Å². The van der Waals surface area contributed by atoms with E-state index in [0.29, 0.717) is 11.2 Å². The summed E-state index contributed by atoms with van der Waals surface area (Å²) in [5.74, 6) is 0.868. The molecule has 0 bridgehead atoms. The first-order valence-corrected chi connectivity index (χ1v) is 6.92. The van der Waals surface area contributed by atoms with Gasteiger partial charge >= 0.3 is 0 Å². The molecular weight excluding hydrogens is 232 g/mol. The Hall–Kier alpha value is -0.760. The molecule has 1 N–H and O–H groups in total.